The van der Waals surface area contributed by atoms with Crippen molar-refractivity contribution < 1.29 is 4.79 Å². The van der Waals surface area contributed by atoms with Crippen LogP contribution in [0.2, 0.25) is 0 Å². The Morgan fingerprint density at radius 2 is 2.16 bits per heavy atom. The number of pyridine rings is 1. The lowest BCUT2D eigenvalue weighted by atomic mass is 10.1. The Bertz CT molecular complexity index is 588. The maximum atomic E-state index is 11.8. The van der Waals surface area contributed by atoms with Gasteiger partial charge in [-0.3, -0.25) is 4.79 Å². The van der Waals surface area contributed by atoms with Crippen molar-refractivity contribution in [3.05, 3.63) is 41.9 Å². The van der Waals surface area contributed by atoms with Crippen LogP contribution in [0.1, 0.15) is 29.0 Å². The smallest absolute Gasteiger partial charge is 0.273 e. The number of nitrogens with zero attached hydrogens (tertiary/aromatic N) is 4. The number of amides is 1. The van der Waals surface area contributed by atoms with Crippen molar-refractivity contribution in [2.45, 2.75) is 13.0 Å². The predicted octanol–water partition coefficient (Wildman–Crippen LogP) is 0.989. The summed E-state index contributed by atoms with van der Waals surface area (Å²) in [6.07, 6.45) is 3.40. The molecule has 1 amide bonds. The van der Waals surface area contributed by atoms with Gasteiger partial charge >= 0.3 is 0 Å². The van der Waals surface area contributed by atoms with Crippen molar-refractivity contribution in [2.75, 3.05) is 14.1 Å². The first kappa shape index (κ1) is 13.2. The largest absolute Gasteiger partial charge is 0.343 e. The molecule has 0 saturated heterocycles. The van der Waals surface area contributed by atoms with Gasteiger partial charge in [0.05, 0.1) is 0 Å². The Morgan fingerprint density at radius 1 is 1.42 bits per heavy atom. The Hall–Kier alpha value is -2.21. The molecule has 0 spiro atoms. The maximum absolute atomic E-state index is 11.8. The summed E-state index contributed by atoms with van der Waals surface area (Å²) in [4.78, 5) is 17.5. The van der Waals surface area contributed by atoms with E-state index in [-0.39, 0.29) is 11.9 Å². The third-order valence-corrected chi connectivity index (χ3v) is 2.74. The monoisotopic (exact) mass is 259 g/mol. The second-order valence-electron chi connectivity index (χ2n) is 4.58. The molecule has 2 aromatic heterocycles. The third kappa shape index (κ3) is 2.79. The minimum Gasteiger partial charge on any atom is -0.343 e. The number of carbonyl (C=O) groups excluding carboxylic acids is 1. The van der Waals surface area contributed by atoms with Gasteiger partial charge < -0.3 is 10.6 Å². The summed E-state index contributed by atoms with van der Waals surface area (Å²) in [5, 5.41) is 4.22. The van der Waals surface area contributed by atoms with E-state index in [0.717, 1.165) is 5.56 Å². The first-order valence-electron chi connectivity index (χ1n) is 5.98. The van der Waals surface area contributed by atoms with Crippen LogP contribution in [0.5, 0.6) is 0 Å². The molecule has 0 unspecified atom stereocenters. The number of rotatable bonds is 3. The normalized spacial score (nSPS) is 12.2. The van der Waals surface area contributed by atoms with Crippen molar-refractivity contribution in [2.24, 2.45) is 5.73 Å². The molecule has 0 aliphatic rings. The van der Waals surface area contributed by atoms with E-state index in [9.17, 15) is 4.79 Å². The quantitative estimate of drug-likeness (QED) is 0.891. The van der Waals surface area contributed by atoms with E-state index in [1.807, 2.05) is 19.1 Å². The molecular formula is C13H17N5O. The first-order valence-corrected chi connectivity index (χ1v) is 5.98. The molecule has 6 nitrogen and oxygen atoms in total. The maximum Gasteiger partial charge on any atom is 0.273 e. The van der Waals surface area contributed by atoms with Gasteiger partial charge in [-0.15, -0.1) is 0 Å². The Labute approximate surface area is 111 Å². The topological polar surface area (TPSA) is 77.0 Å². The van der Waals surface area contributed by atoms with Crippen LogP contribution in [0.3, 0.4) is 0 Å². The third-order valence-electron chi connectivity index (χ3n) is 2.74. The Morgan fingerprint density at radius 3 is 2.79 bits per heavy atom. The SMILES string of the molecule is C[C@H](N)c1ccnc(-n2ccc(C(=O)N(C)C)n2)c1. The molecule has 100 valence electrons. The molecular weight excluding hydrogens is 242 g/mol. The zero-order valence-corrected chi connectivity index (χ0v) is 11.2. The lowest BCUT2D eigenvalue weighted by molar-refractivity contribution is 0.0821. The van der Waals surface area contributed by atoms with Crippen molar-refractivity contribution in [1.29, 1.82) is 0 Å². The molecule has 0 aliphatic carbocycles. The summed E-state index contributed by atoms with van der Waals surface area (Å²) in [7, 11) is 3.38. The van der Waals surface area contributed by atoms with Crippen molar-refractivity contribution >= 4 is 5.91 Å². The molecule has 0 aliphatic heterocycles. The molecule has 6 heteroatoms. The van der Waals surface area contributed by atoms with Crippen LogP contribution in [0.25, 0.3) is 5.82 Å². The standard InChI is InChI=1S/C13H17N5O/c1-9(14)10-4-6-15-12(8-10)18-7-5-11(16-18)13(19)17(2)3/h4-9H,14H2,1-3H3/t9-/m0/s1. The van der Waals surface area contributed by atoms with Crippen molar-refractivity contribution in [3.8, 4) is 5.82 Å². The van der Waals surface area contributed by atoms with Crippen LogP contribution in [0.4, 0.5) is 0 Å². The number of carbonyl (C=O) groups is 1. The van der Waals surface area contributed by atoms with Crippen LogP contribution in [-0.4, -0.2) is 39.7 Å². The summed E-state index contributed by atoms with van der Waals surface area (Å²) in [6, 6.07) is 5.33. The van der Waals surface area contributed by atoms with E-state index in [0.29, 0.717) is 11.5 Å². The van der Waals surface area contributed by atoms with Gasteiger partial charge in [0.2, 0.25) is 0 Å². The van der Waals surface area contributed by atoms with E-state index in [4.69, 9.17) is 5.73 Å². The van der Waals surface area contributed by atoms with Gasteiger partial charge in [-0.25, -0.2) is 9.67 Å². The summed E-state index contributed by atoms with van der Waals surface area (Å²) >= 11 is 0. The first-order chi connectivity index (χ1) is 8.99. The highest BCUT2D eigenvalue weighted by Gasteiger charge is 2.12. The molecule has 2 aromatic rings. The Kier molecular flexibility index (Phi) is 3.62. The van der Waals surface area contributed by atoms with Gasteiger partial charge in [-0.1, -0.05) is 0 Å². The highest BCUT2D eigenvalue weighted by molar-refractivity contribution is 5.91. The molecule has 0 saturated carbocycles. The average molecular weight is 259 g/mol. The molecule has 2 rings (SSSR count). The fourth-order valence-electron chi connectivity index (χ4n) is 1.64. The second kappa shape index (κ2) is 5.19. The highest BCUT2D eigenvalue weighted by atomic mass is 16.2. The summed E-state index contributed by atoms with van der Waals surface area (Å²) < 4.78 is 1.57. The molecule has 2 N–H and O–H groups in total. The molecule has 0 bridgehead atoms. The summed E-state index contributed by atoms with van der Waals surface area (Å²) in [5.74, 6) is 0.509. The zero-order valence-electron chi connectivity index (χ0n) is 11.2. The van der Waals surface area contributed by atoms with Crippen LogP contribution >= 0.6 is 0 Å². The van der Waals surface area contributed by atoms with Crippen LogP contribution in [-0.2, 0) is 0 Å². The van der Waals surface area contributed by atoms with Gasteiger partial charge in [0.25, 0.3) is 5.91 Å². The van der Waals surface area contributed by atoms with Crippen LogP contribution in [0.15, 0.2) is 30.6 Å². The fourth-order valence-corrected chi connectivity index (χ4v) is 1.64. The number of hydrogen-bond acceptors (Lipinski definition) is 4. The highest BCUT2D eigenvalue weighted by Crippen LogP contribution is 2.12. The average Bonchev–Trinajstić information content (AvgIpc) is 2.87. The van der Waals surface area contributed by atoms with Crippen molar-refractivity contribution in [1.82, 2.24) is 19.7 Å². The predicted molar refractivity (Wildman–Crippen MR) is 72.0 cm³/mol. The Balaban J connectivity index is 2.33. The number of aromatic nitrogens is 3. The molecule has 19 heavy (non-hydrogen) atoms. The lowest BCUT2D eigenvalue weighted by Crippen LogP contribution is -2.22. The molecule has 1 atom stereocenters. The van der Waals surface area contributed by atoms with Gasteiger partial charge in [-0.05, 0) is 30.7 Å². The lowest BCUT2D eigenvalue weighted by Gasteiger charge is -2.08. The fraction of sp³-hybridized carbons (Fsp3) is 0.308. The van der Waals surface area contributed by atoms with Crippen LogP contribution < -0.4 is 5.73 Å². The molecule has 0 radical (unpaired) electrons. The molecule has 2 heterocycles. The van der Waals surface area contributed by atoms with E-state index in [1.165, 1.54) is 4.90 Å². The summed E-state index contributed by atoms with van der Waals surface area (Å²) in [6.45, 7) is 1.91. The number of nitrogens with two attached hydrogens (primary N) is 1. The minimum absolute atomic E-state index is 0.0693. The van der Waals surface area contributed by atoms with Gasteiger partial charge in [-0.2, -0.15) is 5.10 Å². The van der Waals surface area contributed by atoms with Gasteiger partial charge in [0.15, 0.2) is 11.5 Å². The van der Waals surface area contributed by atoms with Crippen molar-refractivity contribution in [3.63, 3.8) is 0 Å². The van der Waals surface area contributed by atoms with E-state index >= 15 is 0 Å². The van der Waals surface area contributed by atoms with E-state index < -0.39 is 0 Å². The molecule has 0 fully saturated rings. The van der Waals surface area contributed by atoms with Gasteiger partial charge in [0.1, 0.15) is 0 Å². The van der Waals surface area contributed by atoms with Gasteiger partial charge in [0, 0.05) is 32.5 Å². The molecule has 0 aromatic carbocycles. The second-order valence-corrected chi connectivity index (χ2v) is 4.58. The number of hydrogen-bond donors (Lipinski definition) is 1. The zero-order chi connectivity index (χ0) is 14.0. The van der Waals surface area contributed by atoms with Crippen LogP contribution in [0, 0.1) is 0 Å². The summed E-state index contributed by atoms with van der Waals surface area (Å²) in [5.41, 5.74) is 7.20. The minimum atomic E-state index is -0.137. The van der Waals surface area contributed by atoms with E-state index in [1.54, 1.807) is 37.2 Å². The van der Waals surface area contributed by atoms with E-state index in [2.05, 4.69) is 10.1 Å².